The first kappa shape index (κ1) is 10.8. The molecule has 0 bridgehead atoms. The number of ether oxygens (including phenoxy) is 1. The van der Waals surface area contributed by atoms with Gasteiger partial charge in [-0.3, -0.25) is 10.1 Å². The molecule has 6 heteroatoms. The van der Waals surface area contributed by atoms with E-state index in [4.69, 9.17) is 4.74 Å². The van der Waals surface area contributed by atoms with Crippen molar-refractivity contribution in [2.75, 3.05) is 31.2 Å². The Morgan fingerprint density at radius 1 is 1.50 bits per heavy atom. The van der Waals surface area contributed by atoms with Crippen LogP contribution in [-0.4, -0.2) is 36.2 Å². The highest BCUT2D eigenvalue weighted by molar-refractivity contribution is 5.58. The fourth-order valence-electron chi connectivity index (χ4n) is 1.70. The van der Waals surface area contributed by atoms with Gasteiger partial charge in [0.25, 0.3) is 0 Å². The molecular weight excluding hydrogens is 210 g/mol. The van der Waals surface area contributed by atoms with Crippen LogP contribution in [0, 0.1) is 17.0 Å². The number of hydrogen-bond acceptors (Lipinski definition) is 5. The van der Waals surface area contributed by atoms with Crippen LogP contribution in [-0.2, 0) is 4.74 Å². The standard InChI is InChI=1S/C10H13N3O3/c1-8-6-9(13(14)15)10(11-7-8)12-2-4-16-5-3-12/h6-7H,2-5H2,1H3. The molecule has 1 aromatic rings. The first-order valence-electron chi connectivity index (χ1n) is 5.12. The Kier molecular flexibility index (Phi) is 3.00. The van der Waals surface area contributed by atoms with Crippen molar-refractivity contribution in [1.29, 1.82) is 0 Å². The second-order valence-electron chi connectivity index (χ2n) is 3.71. The van der Waals surface area contributed by atoms with E-state index in [1.807, 2.05) is 4.90 Å². The SMILES string of the molecule is Cc1cnc(N2CCOCC2)c([N+](=O)[O-])c1. The number of pyridine rings is 1. The molecule has 6 nitrogen and oxygen atoms in total. The van der Waals surface area contributed by atoms with Crippen LogP contribution in [0.5, 0.6) is 0 Å². The minimum atomic E-state index is -0.384. The summed E-state index contributed by atoms with van der Waals surface area (Å²) in [5.74, 6) is 0.443. The zero-order valence-electron chi connectivity index (χ0n) is 9.05. The molecule has 2 heterocycles. The van der Waals surface area contributed by atoms with Gasteiger partial charge in [0.15, 0.2) is 0 Å². The van der Waals surface area contributed by atoms with E-state index in [2.05, 4.69) is 4.98 Å². The largest absolute Gasteiger partial charge is 0.378 e. The van der Waals surface area contributed by atoms with E-state index >= 15 is 0 Å². The molecule has 1 aliphatic rings. The van der Waals surface area contributed by atoms with Crippen LogP contribution < -0.4 is 4.90 Å². The maximum atomic E-state index is 10.9. The van der Waals surface area contributed by atoms with Gasteiger partial charge in [-0.1, -0.05) is 0 Å². The van der Waals surface area contributed by atoms with Gasteiger partial charge in [0.05, 0.1) is 18.1 Å². The Morgan fingerprint density at radius 3 is 2.81 bits per heavy atom. The van der Waals surface area contributed by atoms with Gasteiger partial charge >= 0.3 is 5.69 Å². The van der Waals surface area contributed by atoms with Gasteiger partial charge in [0, 0.05) is 25.4 Å². The Hall–Kier alpha value is -1.69. The van der Waals surface area contributed by atoms with E-state index in [0.717, 1.165) is 5.56 Å². The van der Waals surface area contributed by atoms with Crippen LogP contribution in [0.1, 0.15) is 5.56 Å². The van der Waals surface area contributed by atoms with Gasteiger partial charge in [-0.2, -0.15) is 0 Å². The lowest BCUT2D eigenvalue weighted by Crippen LogP contribution is -2.37. The van der Waals surface area contributed by atoms with E-state index in [0.29, 0.717) is 32.1 Å². The third kappa shape index (κ3) is 2.11. The zero-order chi connectivity index (χ0) is 11.5. The van der Waals surface area contributed by atoms with Gasteiger partial charge in [-0.25, -0.2) is 4.98 Å². The second kappa shape index (κ2) is 4.44. The molecule has 1 aliphatic heterocycles. The summed E-state index contributed by atoms with van der Waals surface area (Å²) in [6.45, 7) is 4.27. The fourth-order valence-corrected chi connectivity index (χ4v) is 1.70. The average Bonchev–Trinajstić information content (AvgIpc) is 2.30. The number of anilines is 1. The molecule has 0 N–H and O–H groups in total. The number of rotatable bonds is 2. The van der Waals surface area contributed by atoms with Gasteiger partial charge < -0.3 is 9.64 Å². The van der Waals surface area contributed by atoms with Crippen molar-refractivity contribution >= 4 is 11.5 Å². The van der Waals surface area contributed by atoms with Crippen LogP contribution in [0.2, 0.25) is 0 Å². The lowest BCUT2D eigenvalue weighted by atomic mass is 10.2. The Bertz CT molecular complexity index is 402. The summed E-state index contributed by atoms with van der Waals surface area (Å²) < 4.78 is 5.21. The number of nitrogens with zero attached hydrogens (tertiary/aromatic N) is 3. The molecule has 0 radical (unpaired) electrons. The topological polar surface area (TPSA) is 68.5 Å². The third-order valence-corrected chi connectivity index (χ3v) is 2.49. The molecule has 0 unspecified atom stereocenters. The minimum absolute atomic E-state index is 0.0712. The summed E-state index contributed by atoms with van der Waals surface area (Å²) in [5.41, 5.74) is 0.866. The van der Waals surface area contributed by atoms with Gasteiger partial charge in [-0.05, 0) is 12.5 Å². The summed E-state index contributed by atoms with van der Waals surface area (Å²) >= 11 is 0. The first-order valence-corrected chi connectivity index (χ1v) is 5.12. The number of nitro groups is 1. The molecule has 0 spiro atoms. The third-order valence-electron chi connectivity index (χ3n) is 2.49. The number of hydrogen-bond donors (Lipinski definition) is 0. The lowest BCUT2D eigenvalue weighted by Gasteiger charge is -2.27. The van der Waals surface area contributed by atoms with Crippen LogP contribution in [0.3, 0.4) is 0 Å². The molecule has 16 heavy (non-hydrogen) atoms. The van der Waals surface area contributed by atoms with Crippen LogP contribution in [0.4, 0.5) is 11.5 Å². The maximum Gasteiger partial charge on any atom is 0.311 e. The summed E-state index contributed by atoms with van der Waals surface area (Å²) in [6.07, 6.45) is 1.65. The predicted octanol–water partition coefficient (Wildman–Crippen LogP) is 1.13. The molecular formula is C10H13N3O3. The second-order valence-corrected chi connectivity index (χ2v) is 3.71. The molecule has 0 aromatic carbocycles. The average molecular weight is 223 g/mol. The summed E-state index contributed by atoms with van der Waals surface area (Å²) in [7, 11) is 0. The monoisotopic (exact) mass is 223 g/mol. The molecule has 1 fully saturated rings. The zero-order valence-corrected chi connectivity index (χ0v) is 9.05. The number of aromatic nitrogens is 1. The van der Waals surface area contributed by atoms with Crippen molar-refractivity contribution in [3.05, 3.63) is 27.9 Å². The Labute approximate surface area is 93.0 Å². The summed E-state index contributed by atoms with van der Waals surface area (Å²) in [4.78, 5) is 16.6. The molecule has 0 amide bonds. The highest BCUT2D eigenvalue weighted by atomic mass is 16.6. The van der Waals surface area contributed by atoms with E-state index in [1.54, 1.807) is 19.2 Å². The maximum absolute atomic E-state index is 10.9. The van der Waals surface area contributed by atoms with E-state index in [9.17, 15) is 10.1 Å². The molecule has 1 saturated heterocycles. The van der Waals surface area contributed by atoms with Gasteiger partial charge in [0.2, 0.25) is 5.82 Å². The number of morpholine rings is 1. The molecule has 1 aromatic heterocycles. The Morgan fingerprint density at radius 2 is 2.19 bits per heavy atom. The smallest absolute Gasteiger partial charge is 0.311 e. The molecule has 0 saturated carbocycles. The van der Waals surface area contributed by atoms with Crippen molar-refractivity contribution in [1.82, 2.24) is 4.98 Å². The fraction of sp³-hybridized carbons (Fsp3) is 0.500. The highest BCUT2D eigenvalue weighted by Crippen LogP contribution is 2.26. The highest BCUT2D eigenvalue weighted by Gasteiger charge is 2.22. The Balaban J connectivity index is 2.34. The minimum Gasteiger partial charge on any atom is -0.378 e. The van der Waals surface area contributed by atoms with Crippen molar-refractivity contribution < 1.29 is 9.66 Å². The van der Waals surface area contributed by atoms with E-state index in [1.165, 1.54) is 0 Å². The summed E-state index contributed by atoms with van der Waals surface area (Å²) in [5, 5.41) is 10.9. The van der Waals surface area contributed by atoms with E-state index in [-0.39, 0.29) is 10.6 Å². The van der Waals surface area contributed by atoms with Crippen molar-refractivity contribution in [2.24, 2.45) is 0 Å². The molecule has 0 aliphatic carbocycles. The van der Waals surface area contributed by atoms with Crippen LogP contribution >= 0.6 is 0 Å². The molecule has 0 atom stereocenters. The lowest BCUT2D eigenvalue weighted by molar-refractivity contribution is -0.384. The van der Waals surface area contributed by atoms with Gasteiger partial charge in [0.1, 0.15) is 0 Å². The molecule has 86 valence electrons. The molecule has 2 rings (SSSR count). The first-order chi connectivity index (χ1) is 7.68. The summed E-state index contributed by atoms with van der Waals surface area (Å²) in [6, 6.07) is 1.55. The van der Waals surface area contributed by atoms with E-state index < -0.39 is 0 Å². The number of aryl methyl sites for hydroxylation is 1. The van der Waals surface area contributed by atoms with Crippen molar-refractivity contribution in [3.63, 3.8) is 0 Å². The van der Waals surface area contributed by atoms with Crippen molar-refractivity contribution in [2.45, 2.75) is 6.92 Å². The normalized spacial score (nSPS) is 16.2. The predicted molar refractivity (Wildman–Crippen MR) is 58.7 cm³/mol. The quantitative estimate of drug-likeness (QED) is 0.555. The van der Waals surface area contributed by atoms with Crippen LogP contribution in [0.25, 0.3) is 0 Å². The van der Waals surface area contributed by atoms with Crippen molar-refractivity contribution in [3.8, 4) is 0 Å². The van der Waals surface area contributed by atoms with Crippen LogP contribution in [0.15, 0.2) is 12.3 Å². The van der Waals surface area contributed by atoms with Gasteiger partial charge in [-0.15, -0.1) is 0 Å².